The highest BCUT2D eigenvalue weighted by Gasteiger charge is 2.43. The van der Waals surface area contributed by atoms with Gasteiger partial charge in [-0.1, -0.05) is 4.98 Å². The molecule has 3 rings (SSSR count). The second kappa shape index (κ2) is 6.03. The van der Waals surface area contributed by atoms with Gasteiger partial charge in [-0.05, 0) is 0 Å². The fourth-order valence-corrected chi connectivity index (χ4v) is 3.42. The maximum absolute atomic E-state index is 12.2. The van der Waals surface area contributed by atoms with E-state index in [0.717, 1.165) is 0 Å². The van der Waals surface area contributed by atoms with Crippen LogP contribution in [0.2, 0.25) is 0 Å². The first-order chi connectivity index (χ1) is 11.2. The molecule has 0 amide bonds. The molecule has 3 atom stereocenters. The molecule has 1 saturated heterocycles. The van der Waals surface area contributed by atoms with Gasteiger partial charge in [0.05, 0.1) is 13.7 Å². The van der Waals surface area contributed by atoms with E-state index < -0.39 is 32.9 Å². The highest BCUT2D eigenvalue weighted by atomic mass is 31.2. The largest absolute Gasteiger partial charge is 0.469 e. The van der Waals surface area contributed by atoms with Gasteiger partial charge in [-0.2, -0.15) is 0 Å². The zero-order chi connectivity index (χ0) is 17.6. The third-order valence-electron chi connectivity index (χ3n) is 3.93. The first-order valence-corrected chi connectivity index (χ1v) is 8.66. The standard InChI is InChI=1S/C12H17N4O7P/c1-14-5-13-11-10(12(14)18)15(2)6-16(11)9-3-7(8(4-17)22-9)23-24(19,20)21/h5-9,17H,3-4H2,1-2H3,(H-,19,20,21)/p+1/t7-,8+,9+/m0/s1. The van der Waals surface area contributed by atoms with Crippen molar-refractivity contribution in [1.82, 2.24) is 14.1 Å². The summed E-state index contributed by atoms with van der Waals surface area (Å²) in [5.41, 5.74) is 0.503. The number of hydrogen-bond acceptors (Lipinski definition) is 6. The lowest BCUT2D eigenvalue weighted by molar-refractivity contribution is -0.739. The Morgan fingerprint density at radius 1 is 1.46 bits per heavy atom. The van der Waals surface area contributed by atoms with Crippen LogP contribution in [-0.4, -0.2) is 47.8 Å². The predicted octanol–water partition coefficient (Wildman–Crippen LogP) is -1.68. The molecule has 132 valence electrons. The molecule has 24 heavy (non-hydrogen) atoms. The lowest BCUT2D eigenvalue weighted by atomic mass is 10.2. The van der Waals surface area contributed by atoms with Crippen molar-refractivity contribution in [1.29, 1.82) is 0 Å². The summed E-state index contributed by atoms with van der Waals surface area (Å²) in [4.78, 5) is 34.4. The Bertz CT molecular complexity index is 872. The number of fused-ring (bicyclic) bond motifs is 1. The number of hydrogen-bond donors (Lipinski definition) is 3. The third kappa shape index (κ3) is 3.02. The molecule has 2 aromatic heterocycles. The van der Waals surface area contributed by atoms with Crippen LogP contribution in [0, 0.1) is 0 Å². The number of ether oxygens (including phenoxy) is 1. The SMILES string of the molecule is Cn1cnc2c(c1=O)n(C)c[n+]2[C@H]1C[C@H](OP(=O)(O)O)[C@@H](CO)O1. The Morgan fingerprint density at radius 3 is 2.79 bits per heavy atom. The van der Waals surface area contributed by atoms with Gasteiger partial charge in [0.25, 0.3) is 5.56 Å². The quantitative estimate of drug-likeness (QED) is 0.433. The molecule has 0 spiro atoms. The molecule has 3 N–H and O–H groups in total. The van der Waals surface area contributed by atoms with Crippen LogP contribution >= 0.6 is 7.82 Å². The average molecular weight is 361 g/mol. The number of aromatic nitrogens is 4. The van der Waals surface area contributed by atoms with Crippen LogP contribution in [-0.2, 0) is 27.9 Å². The van der Waals surface area contributed by atoms with E-state index in [9.17, 15) is 14.5 Å². The normalized spacial score (nSPS) is 24.8. The summed E-state index contributed by atoms with van der Waals surface area (Å²) in [6.45, 7) is -0.457. The lowest BCUT2D eigenvalue weighted by Gasteiger charge is -2.16. The van der Waals surface area contributed by atoms with E-state index in [-0.39, 0.29) is 12.0 Å². The van der Waals surface area contributed by atoms with E-state index in [0.29, 0.717) is 11.2 Å². The Hall–Kier alpha value is -1.62. The van der Waals surface area contributed by atoms with Gasteiger partial charge in [0.15, 0.2) is 18.9 Å². The Morgan fingerprint density at radius 2 is 2.17 bits per heavy atom. The monoisotopic (exact) mass is 361 g/mol. The maximum atomic E-state index is 12.2. The van der Waals surface area contributed by atoms with Crippen LogP contribution in [0.4, 0.5) is 0 Å². The fraction of sp³-hybridized carbons (Fsp3) is 0.583. The van der Waals surface area contributed by atoms with Crippen molar-refractivity contribution >= 4 is 19.0 Å². The predicted molar refractivity (Wildman–Crippen MR) is 78.7 cm³/mol. The molecule has 11 nitrogen and oxygen atoms in total. The summed E-state index contributed by atoms with van der Waals surface area (Å²) < 4.78 is 25.9. The van der Waals surface area contributed by atoms with E-state index in [1.165, 1.54) is 10.9 Å². The Kier molecular flexibility index (Phi) is 4.32. The fourth-order valence-electron chi connectivity index (χ4n) is 2.85. The summed E-state index contributed by atoms with van der Waals surface area (Å²) in [6.07, 6.45) is 0.534. The third-order valence-corrected chi connectivity index (χ3v) is 4.47. The number of aliphatic hydroxyl groups excluding tert-OH is 1. The zero-order valence-corrected chi connectivity index (χ0v) is 13.9. The van der Waals surface area contributed by atoms with Crippen LogP contribution in [0.1, 0.15) is 12.6 Å². The summed E-state index contributed by atoms with van der Waals surface area (Å²) in [5.74, 6) is 0. The Balaban J connectivity index is 1.99. The van der Waals surface area contributed by atoms with E-state index in [4.69, 9.17) is 19.0 Å². The zero-order valence-electron chi connectivity index (χ0n) is 13.0. The van der Waals surface area contributed by atoms with Gasteiger partial charge in [0.1, 0.15) is 12.2 Å². The second-order valence-corrected chi connectivity index (χ2v) is 6.84. The molecule has 0 aromatic carbocycles. The number of rotatable bonds is 4. The lowest BCUT2D eigenvalue weighted by Crippen LogP contribution is -2.39. The molecule has 1 aliphatic heterocycles. The van der Waals surface area contributed by atoms with E-state index >= 15 is 0 Å². The highest BCUT2D eigenvalue weighted by molar-refractivity contribution is 7.46. The summed E-state index contributed by atoms with van der Waals surface area (Å²) in [7, 11) is -1.44. The molecule has 0 saturated carbocycles. The van der Waals surface area contributed by atoms with Crippen LogP contribution in [0.5, 0.6) is 0 Å². The summed E-state index contributed by atoms with van der Waals surface area (Å²) in [5, 5.41) is 9.36. The first kappa shape index (κ1) is 17.2. The van der Waals surface area contributed by atoms with Crippen molar-refractivity contribution < 1.29 is 33.3 Å². The highest BCUT2D eigenvalue weighted by Crippen LogP contribution is 2.42. The number of phosphoric ester groups is 1. The average Bonchev–Trinajstić information content (AvgIpc) is 3.02. The molecule has 2 aromatic rings. The molecule has 3 heterocycles. The van der Waals surface area contributed by atoms with Crippen molar-refractivity contribution in [3.8, 4) is 0 Å². The number of nitrogens with zero attached hydrogens (tertiary/aromatic N) is 4. The van der Waals surface area contributed by atoms with Gasteiger partial charge in [-0.15, -0.1) is 0 Å². The maximum Gasteiger partial charge on any atom is 0.469 e. The van der Waals surface area contributed by atoms with Crippen molar-refractivity contribution in [2.24, 2.45) is 14.1 Å². The molecule has 0 bridgehead atoms. The van der Waals surface area contributed by atoms with Gasteiger partial charge in [0, 0.05) is 13.5 Å². The van der Waals surface area contributed by atoms with E-state index in [1.807, 2.05) is 0 Å². The van der Waals surface area contributed by atoms with Crippen molar-refractivity contribution in [3.63, 3.8) is 0 Å². The van der Waals surface area contributed by atoms with E-state index in [1.54, 1.807) is 29.6 Å². The van der Waals surface area contributed by atoms with Crippen LogP contribution in [0.25, 0.3) is 11.2 Å². The summed E-state index contributed by atoms with van der Waals surface area (Å²) >= 11 is 0. The summed E-state index contributed by atoms with van der Waals surface area (Å²) in [6, 6.07) is 0. The number of aryl methyl sites for hydroxylation is 2. The number of imidazole rings is 1. The van der Waals surface area contributed by atoms with Crippen molar-refractivity contribution in [2.45, 2.75) is 24.9 Å². The number of aliphatic hydroxyl groups is 1. The van der Waals surface area contributed by atoms with Crippen LogP contribution < -0.4 is 10.1 Å². The van der Waals surface area contributed by atoms with Gasteiger partial charge in [-0.25, -0.2) is 9.13 Å². The second-order valence-electron chi connectivity index (χ2n) is 5.65. The molecular formula is C12H18N4O7P+. The first-order valence-electron chi connectivity index (χ1n) is 7.13. The Labute approximate surface area is 135 Å². The minimum absolute atomic E-state index is 0.0943. The molecule has 0 aliphatic carbocycles. The van der Waals surface area contributed by atoms with Gasteiger partial charge < -0.3 is 19.6 Å². The molecule has 12 heteroatoms. The molecule has 0 radical (unpaired) electrons. The van der Waals surface area contributed by atoms with Gasteiger partial charge in [0.2, 0.25) is 5.52 Å². The molecule has 1 fully saturated rings. The van der Waals surface area contributed by atoms with Crippen molar-refractivity contribution in [2.75, 3.05) is 6.61 Å². The minimum atomic E-state index is -4.72. The smallest absolute Gasteiger partial charge is 0.394 e. The number of phosphoric acid groups is 1. The van der Waals surface area contributed by atoms with Gasteiger partial charge >= 0.3 is 13.5 Å². The van der Waals surface area contributed by atoms with Crippen LogP contribution in [0.3, 0.4) is 0 Å². The van der Waals surface area contributed by atoms with E-state index in [2.05, 4.69) is 4.98 Å². The molecule has 0 unspecified atom stereocenters. The molecule has 1 aliphatic rings. The minimum Gasteiger partial charge on any atom is -0.394 e. The van der Waals surface area contributed by atoms with Crippen LogP contribution in [0.15, 0.2) is 17.4 Å². The topological polar surface area (TPSA) is 140 Å². The van der Waals surface area contributed by atoms with Crippen molar-refractivity contribution in [3.05, 3.63) is 23.0 Å². The van der Waals surface area contributed by atoms with Gasteiger partial charge in [-0.3, -0.25) is 18.5 Å². The molecular weight excluding hydrogens is 343 g/mol.